The molecule has 0 unspecified atom stereocenters. The van der Waals surface area contributed by atoms with E-state index in [0.29, 0.717) is 26.2 Å². The normalized spacial score (nSPS) is 16.2. The number of nitrogens with one attached hydrogen (secondary N) is 1. The number of aliphatic hydroxyl groups is 1. The molecule has 2 aromatic rings. The van der Waals surface area contributed by atoms with Gasteiger partial charge in [0.25, 0.3) is 5.91 Å². The number of rotatable bonds is 3. The summed E-state index contributed by atoms with van der Waals surface area (Å²) in [6, 6.07) is 15.8. The lowest BCUT2D eigenvalue weighted by Crippen LogP contribution is -2.46. The van der Waals surface area contributed by atoms with Crippen LogP contribution in [-0.4, -0.2) is 45.5 Å². The van der Waals surface area contributed by atoms with Gasteiger partial charge >= 0.3 is 6.03 Å². The van der Waals surface area contributed by atoms with Crippen molar-refractivity contribution in [3.8, 4) is 0 Å². The molecular weight excluding hydrogens is 378 g/mol. The van der Waals surface area contributed by atoms with Crippen molar-refractivity contribution in [1.29, 1.82) is 0 Å². The average molecular weight is 405 g/mol. The van der Waals surface area contributed by atoms with E-state index in [-0.39, 0.29) is 11.9 Å². The van der Waals surface area contributed by atoms with E-state index >= 15 is 0 Å². The van der Waals surface area contributed by atoms with E-state index in [1.54, 1.807) is 9.80 Å². The number of amides is 3. The van der Waals surface area contributed by atoms with Crippen LogP contribution in [0.2, 0.25) is 0 Å². The lowest BCUT2D eigenvalue weighted by molar-refractivity contribution is -0.147. The molecule has 0 aliphatic carbocycles. The van der Waals surface area contributed by atoms with Crippen molar-refractivity contribution in [3.05, 3.63) is 71.3 Å². The molecule has 30 heavy (non-hydrogen) atoms. The van der Waals surface area contributed by atoms with Crippen molar-refractivity contribution in [3.63, 3.8) is 0 Å². The molecule has 3 amide bonds. The number of hydrogen-bond donors (Lipinski definition) is 2. The summed E-state index contributed by atoms with van der Waals surface area (Å²) in [4.78, 5) is 28.3. The van der Waals surface area contributed by atoms with E-state index in [9.17, 15) is 14.7 Å². The van der Waals surface area contributed by atoms with Crippen molar-refractivity contribution in [2.45, 2.75) is 39.0 Å². The second-order valence-corrected chi connectivity index (χ2v) is 8.42. The summed E-state index contributed by atoms with van der Waals surface area (Å²) < 4.78 is 0. The first-order chi connectivity index (χ1) is 14.3. The van der Waals surface area contributed by atoms with Gasteiger partial charge in [0.15, 0.2) is 0 Å². The Morgan fingerprint density at radius 1 is 0.967 bits per heavy atom. The van der Waals surface area contributed by atoms with Gasteiger partial charge in [-0.15, -0.1) is 0 Å². The highest BCUT2D eigenvalue weighted by atomic mass is 16.3. The molecule has 0 radical (unpaired) electrons. The van der Waals surface area contributed by atoms with Gasteiger partial charge in [-0.05, 0) is 54.7 Å². The van der Waals surface area contributed by atoms with Gasteiger partial charge in [-0.25, -0.2) is 4.79 Å². The molecule has 0 fully saturated rings. The summed E-state index contributed by atoms with van der Waals surface area (Å²) >= 11 is 0. The average Bonchev–Trinajstić information content (AvgIpc) is 3.18. The second kappa shape index (κ2) is 7.95. The Bertz CT molecular complexity index is 965. The Labute approximate surface area is 176 Å². The quantitative estimate of drug-likeness (QED) is 0.819. The first-order valence-electron chi connectivity index (χ1n) is 10.3. The molecule has 0 spiro atoms. The first-order valence-corrected chi connectivity index (χ1v) is 10.3. The van der Waals surface area contributed by atoms with Gasteiger partial charge in [-0.3, -0.25) is 4.79 Å². The minimum absolute atomic E-state index is 0.100. The maximum absolute atomic E-state index is 12.6. The molecule has 6 nitrogen and oxygen atoms in total. The Morgan fingerprint density at radius 3 is 2.13 bits per heavy atom. The summed E-state index contributed by atoms with van der Waals surface area (Å²) in [6.45, 7) is 5.37. The third-order valence-electron chi connectivity index (χ3n) is 5.65. The van der Waals surface area contributed by atoms with Crippen LogP contribution in [0.5, 0.6) is 0 Å². The molecule has 0 aromatic heterocycles. The van der Waals surface area contributed by atoms with E-state index in [0.717, 1.165) is 17.7 Å². The topological polar surface area (TPSA) is 72.9 Å². The molecular formula is C24H27N3O3. The zero-order valence-electron chi connectivity index (χ0n) is 17.4. The van der Waals surface area contributed by atoms with Gasteiger partial charge in [-0.2, -0.15) is 0 Å². The van der Waals surface area contributed by atoms with Gasteiger partial charge in [0, 0.05) is 31.9 Å². The van der Waals surface area contributed by atoms with Crippen LogP contribution in [0.15, 0.2) is 54.6 Å². The summed E-state index contributed by atoms with van der Waals surface area (Å²) in [5, 5.41) is 12.9. The van der Waals surface area contributed by atoms with Crippen LogP contribution < -0.4 is 5.32 Å². The Balaban J connectivity index is 1.35. The third kappa shape index (κ3) is 4.24. The van der Waals surface area contributed by atoms with Crippen molar-refractivity contribution in [2.75, 3.05) is 18.4 Å². The summed E-state index contributed by atoms with van der Waals surface area (Å²) in [6.07, 6.45) is 2.77. The maximum atomic E-state index is 12.6. The van der Waals surface area contributed by atoms with E-state index in [1.165, 1.54) is 30.5 Å². The first kappa shape index (κ1) is 20.2. The number of hydrogen-bond acceptors (Lipinski definition) is 3. The Morgan fingerprint density at radius 2 is 1.60 bits per heavy atom. The minimum atomic E-state index is -1.35. The summed E-state index contributed by atoms with van der Waals surface area (Å²) in [5.74, 6) is -0.250. The largest absolute Gasteiger partial charge is 0.381 e. The second-order valence-electron chi connectivity index (χ2n) is 8.42. The van der Waals surface area contributed by atoms with Crippen LogP contribution in [0.1, 0.15) is 37.0 Å². The molecule has 2 aliphatic rings. The molecule has 6 heteroatoms. The van der Waals surface area contributed by atoms with Crippen LogP contribution in [0.25, 0.3) is 5.57 Å². The van der Waals surface area contributed by atoms with Crippen LogP contribution in [0, 0.1) is 0 Å². The van der Waals surface area contributed by atoms with Gasteiger partial charge < -0.3 is 20.2 Å². The Kier molecular flexibility index (Phi) is 5.35. The monoisotopic (exact) mass is 405 g/mol. The fourth-order valence-corrected chi connectivity index (χ4v) is 3.95. The fourth-order valence-electron chi connectivity index (χ4n) is 3.95. The molecule has 0 bridgehead atoms. The number of anilines is 1. The molecule has 2 aliphatic heterocycles. The smallest absolute Gasteiger partial charge is 0.322 e. The van der Waals surface area contributed by atoms with Crippen LogP contribution in [0.4, 0.5) is 10.5 Å². The van der Waals surface area contributed by atoms with E-state index in [4.69, 9.17) is 0 Å². The number of carbonyl (C=O) groups excluding carboxylic acids is 2. The maximum Gasteiger partial charge on any atom is 0.322 e. The van der Waals surface area contributed by atoms with Crippen LogP contribution >= 0.6 is 0 Å². The number of carbonyl (C=O) groups is 2. The highest BCUT2D eigenvalue weighted by Gasteiger charge is 2.30. The molecule has 2 heterocycles. The van der Waals surface area contributed by atoms with E-state index < -0.39 is 5.60 Å². The SMILES string of the molecule is CC(C)(O)C(=O)N1CC=C(c2ccc(NC(=O)N3Cc4ccccc4C3)cc2)CC1. The standard InChI is InChI=1S/C24H27N3O3/c1-24(2,30)22(28)26-13-11-18(12-14-26)17-7-9-21(10-8-17)25-23(29)27-15-19-5-3-4-6-20(19)16-27/h3-11,30H,12-16H2,1-2H3,(H,25,29). The predicted octanol–water partition coefficient (Wildman–Crippen LogP) is 3.62. The number of nitrogens with zero attached hydrogens (tertiary/aromatic N) is 2. The number of urea groups is 1. The molecule has 4 rings (SSSR count). The number of benzene rings is 2. The highest BCUT2D eigenvalue weighted by molar-refractivity contribution is 5.90. The van der Waals surface area contributed by atoms with Gasteiger partial charge in [0.05, 0.1) is 0 Å². The minimum Gasteiger partial charge on any atom is -0.381 e. The van der Waals surface area contributed by atoms with Crippen molar-refractivity contribution in [2.24, 2.45) is 0 Å². The number of fused-ring (bicyclic) bond motifs is 1. The fraction of sp³-hybridized carbons (Fsp3) is 0.333. The third-order valence-corrected chi connectivity index (χ3v) is 5.65. The van der Waals surface area contributed by atoms with Crippen LogP contribution in [-0.2, 0) is 17.9 Å². The van der Waals surface area contributed by atoms with Gasteiger partial charge in [0.2, 0.25) is 0 Å². The lowest BCUT2D eigenvalue weighted by Gasteiger charge is -2.31. The molecule has 0 atom stereocenters. The molecule has 0 saturated carbocycles. The highest BCUT2D eigenvalue weighted by Crippen LogP contribution is 2.26. The van der Waals surface area contributed by atoms with E-state index in [1.807, 2.05) is 42.5 Å². The van der Waals surface area contributed by atoms with Crippen molar-refractivity contribution >= 4 is 23.2 Å². The lowest BCUT2D eigenvalue weighted by atomic mass is 9.98. The molecule has 0 saturated heterocycles. The van der Waals surface area contributed by atoms with Crippen molar-refractivity contribution < 1.29 is 14.7 Å². The Hall–Kier alpha value is -3.12. The molecule has 2 N–H and O–H groups in total. The molecule has 156 valence electrons. The van der Waals surface area contributed by atoms with Crippen molar-refractivity contribution in [1.82, 2.24) is 9.80 Å². The summed E-state index contributed by atoms with van der Waals surface area (Å²) in [5.41, 5.74) is 4.06. The summed E-state index contributed by atoms with van der Waals surface area (Å²) in [7, 11) is 0. The van der Waals surface area contributed by atoms with E-state index in [2.05, 4.69) is 17.4 Å². The predicted molar refractivity (Wildman–Crippen MR) is 117 cm³/mol. The van der Waals surface area contributed by atoms with Crippen LogP contribution in [0.3, 0.4) is 0 Å². The zero-order valence-corrected chi connectivity index (χ0v) is 17.4. The molecule has 2 aromatic carbocycles. The van der Waals surface area contributed by atoms with Gasteiger partial charge in [-0.1, -0.05) is 42.5 Å². The van der Waals surface area contributed by atoms with Gasteiger partial charge in [0.1, 0.15) is 5.60 Å². The zero-order chi connectivity index (χ0) is 21.3.